The van der Waals surface area contributed by atoms with Gasteiger partial charge < -0.3 is 10.6 Å². The minimum absolute atomic E-state index is 0.0534. The Morgan fingerprint density at radius 1 is 1.14 bits per heavy atom. The van der Waals surface area contributed by atoms with Gasteiger partial charge in [0.2, 0.25) is 0 Å². The van der Waals surface area contributed by atoms with E-state index >= 15 is 0 Å². The van der Waals surface area contributed by atoms with Crippen molar-refractivity contribution in [2.24, 2.45) is 10.9 Å². The van der Waals surface area contributed by atoms with E-state index in [0.29, 0.717) is 24.8 Å². The second-order valence-corrected chi connectivity index (χ2v) is 9.95. The van der Waals surface area contributed by atoms with E-state index in [-0.39, 0.29) is 23.2 Å². The van der Waals surface area contributed by atoms with Crippen LogP contribution in [0.2, 0.25) is 0 Å². The summed E-state index contributed by atoms with van der Waals surface area (Å²) in [7, 11) is -2.97. The molecule has 1 aliphatic heterocycles. The fraction of sp³-hybridized carbons (Fsp3) is 0.632. The van der Waals surface area contributed by atoms with Crippen molar-refractivity contribution in [3.05, 3.63) is 39.9 Å². The van der Waals surface area contributed by atoms with Crippen molar-refractivity contribution >= 4 is 21.5 Å². The smallest absolute Gasteiger partial charge is 0.269 e. The Balaban J connectivity index is 1.63. The predicted molar refractivity (Wildman–Crippen MR) is 109 cm³/mol. The number of nitro benzene ring substituents is 1. The number of sulfone groups is 1. The van der Waals surface area contributed by atoms with E-state index in [1.165, 1.54) is 44.2 Å². The van der Waals surface area contributed by atoms with Crippen molar-refractivity contribution in [1.29, 1.82) is 0 Å². The molecule has 28 heavy (non-hydrogen) atoms. The third-order valence-electron chi connectivity index (χ3n) is 5.42. The second kappa shape index (κ2) is 9.36. The van der Waals surface area contributed by atoms with Crippen LogP contribution in [-0.4, -0.2) is 43.4 Å². The number of guanidine groups is 1. The van der Waals surface area contributed by atoms with Crippen LogP contribution in [0.25, 0.3) is 0 Å². The van der Waals surface area contributed by atoms with Gasteiger partial charge in [-0.3, -0.25) is 10.1 Å². The van der Waals surface area contributed by atoms with E-state index in [4.69, 9.17) is 0 Å². The summed E-state index contributed by atoms with van der Waals surface area (Å²) >= 11 is 0. The summed E-state index contributed by atoms with van der Waals surface area (Å²) in [6.07, 6.45) is 6.83. The summed E-state index contributed by atoms with van der Waals surface area (Å²) in [5.41, 5.74) is 0.918. The summed E-state index contributed by atoms with van der Waals surface area (Å²) in [5.74, 6) is 1.58. The van der Waals surface area contributed by atoms with Gasteiger partial charge in [-0.25, -0.2) is 13.4 Å². The van der Waals surface area contributed by atoms with Gasteiger partial charge in [0, 0.05) is 24.7 Å². The van der Waals surface area contributed by atoms with Crippen LogP contribution >= 0.6 is 0 Å². The lowest BCUT2D eigenvalue weighted by atomic mass is 9.89. The van der Waals surface area contributed by atoms with Crippen LogP contribution < -0.4 is 10.6 Å². The first-order valence-electron chi connectivity index (χ1n) is 9.90. The summed E-state index contributed by atoms with van der Waals surface area (Å²) in [6.45, 7) is 1.20. The predicted octanol–water partition coefficient (Wildman–Crippen LogP) is 2.40. The number of nitrogens with one attached hydrogen (secondary N) is 2. The Kier molecular flexibility index (Phi) is 6.88. The van der Waals surface area contributed by atoms with E-state index in [1.807, 2.05) is 0 Å². The minimum atomic E-state index is -2.97. The van der Waals surface area contributed by atoms with Gasteiger partial charge in [-0.1, -0.05) is 31.4 Å². The van der Waals surface area contributed by atoms with E-state index in [9.17, 15) is 18.5 Å². The molecular weight excluding hydrogens is 380 g/mol. The molecule has 2 fully saturated rings. The molecule has 0 radical (unpaired) electrons. The zero-order valence-electron chi connectivity index (χ0n) is 16.0. The topological polar surface area (TPSA) is 114 Å². The van der Waals surface area contributed by atoms with Crippen molar-refractivity contribution in [2.75, 3.05) is 18.1 Å². The molecule has 8 nitrogen and oxygen atoms in total. The van der Waals surface area contributed by atoms with E-state index in [2.05, 4.69) is 15.6 Å². The average Bonchev–Trinajstić information content (AvgIpc) is 3.03. The molecule has 2 N–H and O–H groups in total. The standard InChI is InChI=1S/C19H28N4O4S/c24-23(25)18-8-6-16(7-9-18)13-21-19(20-12-15-4-2-1-3-5-15)22-17-10-11-28(26,27)14-17/h6-9,15,17H,1-5,10-14H2,(H2,20,21,22). The molecule has 1 atom stereocenters. The summed E-state index contributed by atoms with van der Waals surface area (Å²) in [6, 6.07) is 6.20. The van der Waals surface area contributed by atoms with Crippen molar-refractivity contribution in [2.45, 2.75) is 51.1 Å². The first kappa shape index (κ1) is 20.6. The van der Waals surface area contributed by atoms with Crippen molar-refractivity contribution in [1.82, 2.24) is 10.6 Å². The van der Waals surface area contributed by atoms with Crippen molar-refractivity contribution in [3.8, 4) is 0 Å². The Bertz CT molecular complexity index is 802. The summed E-state index contributed by atoms with van der Waals surface area (Å²) in [5, 5.41) is 17.4. The fourth-order valence-electron chi connectivity index (χ4n) is 3.78. The van der Waals surface area contributed by atoms with Crippen LogP contribution in [0.1, 0.15) is 44.1 Å². The van der Waals surface area contributed by atoms with E-state index in [1.54, 1.807) is 12.1 Å². The molecule has 0 amide bonds. The molecule has 9 heteroatoms. The molecule has 3 rings (SSSR count). The first-order chi connectivity index (χ1) is 13.4. The molecule has 1 aliphatic carbocycles. The minimum Gasteiger partial charge on any atom is -0.356 e. The maximum absolute atomic E-state index is 11.7. The SMILES string of the molecule is O=[N+]([O-])c1ccc(CN=C(NCC2CCCCC2)NC2CCS(=O)(=O)C2)cc1. The lowest BCUT2D eigenvalue weighted by Crippen LogP contribution is -2.45. The highest BCUT2D eigenvalue weighted by Gasteiger charge is 2.28. The van der Waals surface area contributed by atoms with Crippen molar-refractivity contribution in [3.63, 3.8) is 0 Å². The highest BCUT2D eigenvalue weighted by molar-refractivity contribution is 7.91. The number of hydrogen-bond donors (Lipinski definition) is 2. The second-order valence-electron chi connectivity index (χ2n) is 7.72. The summed E-state index contributed by atoms with van der Waals surface area (Å²) < 4.78 is 23.5. The lowest BCUT2D eigenvalue weighted by molar-refractivity contribution is -0.384. The van der Waals surface area contributed by atoms with Crippen LogP contribution in [0.15, 0.2) is 29.3 Å². The molecule has 2 aliphatic rings. The van der Waals surface area contributed by atoms with Crippen molar-refractivity contribution < 1.29 is 13.3 Å². The number of rotatable bonds is 6. The molecule has 0 bridgehead atoms. The van der Waals surface area contributed by atoms with Gasteiger partial charge in [0.15, 0.2) is 15.8 Å². The average molecular weight is 409 g/mol. The van der Waals surface area contributed by atoms with Gasteiger partial charge in [0.1, 0.15) is 0 Å². The van der Waals surface area contributed by atoms with Crippen LogP contribution in [0.4, 0.5) is 5.69 Å². The zero-order chi connectivity index (χ0) is 20.0. The fourth-order valence-corrected chi connectivity index (χ4v) is 5.45. The monoisotopic (exact) mass is 408 g/mol. The maximum Gasteiger partial charge on any atom is 0.269 e. The normalized spacial score (nSPS) is 22.7. The van der Waals surface area contributed by atoms with Gasteiger partial charge in [0.05, 0.1) is 23.0 Å². The third-order valence-corrected chi connectivity index (χ3v) is 7.19. The lowest BCUT2D eigenvalue weighted by Gasteiger charge is -2.24. The number of nitro groups is 1. The molecular formula is C19H28N4O4S. The molecule has 1 saturated carbocycles. The highest BCUT2D eigenvalue weighted by Crippen LogP contribution is 2.22. The third kappa shape index (κ3) is 6.19. The van der Waals surface area contributed by atoms with E-state index in [0.717, 1.165) is 12.1 Å². The Morgan fingerprint density at radius 3 is 2.46 bits per heavy atom. The molecule has 1 unspecified atom stereocenters. The first-order valence-corrected chi connectivity index (χ1v) is 11.7. The molecule has 1 aromatic rings. The number of benzene rings is 1. The number of aliphatic imine (C=N–C) groups is 1. The molecule has 1 saturated heterocycles. The van der Waals surface area contributed by atoms with Crippen LogP contribution in [0, 0.1) is 16.0 Å². The van der Waals surface area contributed by atoms with Gasteiger partial charge in [-0.15, -0.1) is 0 Å². The summed E-state index contributed by atoms with van der Waals surface area (Å²) in [4.78, 5) is 14.9. The van der Waals surface area contributed by atoms with Gasteiger partial charge >= 0.3 is 0 Å². The van der Waals surface area contributed by atoms with Crippen LogP contribution in [-0.2, 0) is 16.4 Å². The van der Waals surface area contributed by atoms with Gasteiger partial charge in [-0.05, 0) is 30.7 Å². The molecule has 154 valence electrons. The molecule has 0 spiro atoms. The van der Waals surface area contributed by atoms with Gasteiger partial charge in [-0.2, -0.15) is 0 Å². The molecule has 1 aromatic carbocycles. The number of hydrogen-bond acceptors (Lipinski definition) is 5. The Hall–Kier alpha value is -2.16. The maximum atomic E-state index is 11.7. The van der Waals surface area contributed by atoms with Crippen LogP contribution in [0.5, 0.6) is 0 Å². The quantitative estimate of drug-likeness (QED) is 0.323. The zero-order valence-corrected chi connectivity index (χ0v) is 16.8. The highest BCUT2D eigenvalue weighted by atomic mass is 32.2. The Morgan fingerprint density at radius 2 is 1.86 bits per heavy atom. The largest absolute Gasteiger partial charge is 0.356 e. The van der Waals surface area contributed by atoms with E-state index < -0.39 is 14.8 Å². The number of nitrogens with zero attached hydrogens (tertiary/aromatic N) is 2. The Labute approximate surface area is 165 Å². The van der Waals surface area contributed by atoms with Gasteiger partial charge in [0.25, 0.3) is 5.69 Å². The van der Waals surface area contributed by atoms with Crippen LogP contribution in [0.3, 0.4) is 0 Å². The molecule has 0 aromatic heterocycles. The number of non-ortho nitro benzene ring substituents is 1. The molecule has 1 heterocycles.